The molecule has 2 fully saturated rings. The summed E-state index contributed by atoms with van der Waals surface area (Å²) in [6, 6.07) is 4.01. The van der Waals surface area contributed by atoms with Crippen molar-refractivity contribution in [1.82, 2.24) is 15.2 Å². The van der Waals surface area contributed by atoms with Crippen molar-refractivity contribution in [3.05, 3.63) is 30.1 Å². The van der Waals surface area contributed by atoms with E-state index >= 15 is 0 Å². The predicted octanol–water partition coefficient (Wildman–Crippen LogP) is 2.15. The van der Waals surface area contributed by atoms with E-state index in [1.54, 1.807) is 6.20 Å². The van der Waals surface area contributed by atoms with Crippen LogP contribution in [0, 0.1) is 5.92 Å². The summed E-state index contributed by atoms with van der Waals surface area (Å²) >= 11 is 0. The molecule has 5 heteroatoms. The summed E-state index contributed by atoms with van der Waals surface area (Å²) in [6.45, 7) is 4.77. The number of hydrogen-bond acceptors (Lipinski definition) is 4. The van der Waals surface area contributed by atoms with Gasteiger partial charge in [0, 0.05) is 32.0 Å². The lowest BCUT2D eigenvalue weighted by molar-refractivity contribution is -0.143. The third-order valence-corrected chi connectivity index (χ3v) is 5.09. The molecular formula is C18H27N3O2. The molecule has 23 heavy (non-hydrogen) atoms. The summed E-state index contributed by atoms with van der Waals surface area (Å²) in [5.41, 5.74) is 1.08. The largest absolute Gasteiger partial charge is 0.368 e. The molecule has 1 aromatic heterocycles. The highest BCUT2D eigenvalue weighted by molar-refractivity contribution is 5.78. The van der Waals surface area contributed by atoms with Crippen LogP contribution < -0.4 is 5.32 Å². The van der Waals surface area contributed by atoms with E-state index in [2.05, 4.69) is 17.2 Å². The van der Waals surface area contributed by atoms with Crippen molar-refractivity contribution in [3.8, 4) is 0 Å². The van der Waals surface area contributed by atoms with Crippen LogP contribution in [0.1, 0.15) is 44.2 Å². The molecule has 3 atom stereocenters. The molecule has 0 aromatic carbocycles. The van der Waals surface area contributed by atoms with Gasteiger partial charge in [0.15, 0.2) is 0 Å². The number of pyridine rings is 1. The van der Waals surface area contributed by atoms with Gasteiger partial charge < -0.3 is 15.0 Å². The number of aromatic nitrogens is 1. The molecule has 2 heterocycles. The summed E-state index contributed by atoms with van der Waals surface area (Å²) < 4.78 is 5.97. The van der Waals surface area contributed by atoms with Crippen molar-refractivity contribution in [2.45, 2.75) is 44.8 Å². The zero-order chi connectivity index (χ0) is 16.1. The molecule has 2 aliphatic rings. The van der Waals surface area contributed by atoms with Gasteiger partial charge in [-0.15, -0.1) is 0 Å². The Kier molecular flexibility index (Phi) is 5.62. The molecule has 1 saturated heterocycles. The van der Waals surface area contributed by atoms with E-state index in [1.807, 2.05) is 23.2 Å². The van der Waals surface area contributed by atoms with Crippen LogP contribution in [0.15, 0.2) is 24.5 Å². The second kappa shape index (κ2) is 7.88. The fourth-order valence-corrected chi connectivity index (χ4v) is 3.66. The number of carbonyl (C=O) groups excluding carboxylic acids is 1. The minimum Gasteiger partial charge on any atom is -0.368 e. The second-order valence-electron chi connectivity index (χ2n) is 6.70. The molecule has 3 unspecified atom stereocenters. The number of amides is 1. The van der Waals surface area contributed by atoms with Gasteiger partial charge in [-0.2, -0.15) is 0 Å². The molecule has 1 aliphatic heterocycles. The second-order valence-corrected chi connectivity index (χ2v) is 6.70. The summed E-state index contributed by atoms with van der Waals surface area (Å²) in [6.07, 6.45) is 8.66. The van der Waals surface area contributed by atoms with Gasteiger partial charge in [-0.25, -0.2) is 0 Å². The highest BCUT2D eigenvalue weighted by Gasteiger charge is 2.29. The molecule has 1 N–H and O–H groups in total. The highest BCUT2D eigenvalue weighted by Crippen LogP contribution is 2.27. The number of nitrogens with one attached hydrogen (secondary N) is 1. The van der Waals surface area contributed by atoms with Crippen molar-refractivity contribution in [3.63, 3.8) is 0 Å². The van der Waals surface area contributed by atoms with Crippen LogP contribution in [-0.4, -0.2) is 48.1 Å². The topological polar surface area (TPSA) is 54.5 Å². The van der Waals surface area contributed by atoms with Gasteiger partial charge in [-0.05, 0) is 30.4 Å². The summed E-state index contributed by atoms with van der Waals surface area (Å²) in [4.78, 5) is 18.8. The van der Waals surface area contributed by atoms with E-state index in [-0.39, 0.29) is 24.7 Å². The minimum atomic E-state index is 0.0531. The summed E-state index contributed by atoms with van der Waals surface area (Å²) in [7, 11) is 0. The number of nitrogens with zero attached hydrogens (tertiary/aromatic N) is 2. The maximum Gasteiger partial charge on any atom is 0.249 e. The lowest BCUT2D eigenvalue weighted by Crippen LogP contribution is -2.50. The Bertz CT molecular complexity index is 508. The fourth-order valence-electron chi connectivity index (χ4n) is 3.66. The van der Waals surface area contributed by atoms with Crippen LogP contribution in [0.5, 0.6) is 0 Å². The van der Waals surface area contributed by atoms with Gasteiger partial charge in [-0.3, -0.25) is 9.78 Å². The van der Waals surface area contributed by atoms with E-state index in [0.717, 1.165) is 31.6 Å². The molecule has 0 bridgehead atoms. The standard InChI is InChI=1S/C18H27N3O2/c1-14-5-2-3-7-17(14)23-13-18(22)21-10-9-20-12-16(21)15-6-4-8-19-11-15/h4,6,8,11,14,16-17,20H,2-3,5,7,9-10,12-13H2,1H3. The van der Waals surface area contributed by atoms with Crippen LogP contribution in [0.4, 0.5) is 0 Å². The quantitative estimate of drug-likeness (QED) is 0.924. The van der Waals surface area contributed by atoms with Gasteiger partial charge >= 0.3 is 0 Å². The molecule has 5 nitrogen and oxygen atoms in total. The fraction of sp³-hybridized carbons (Fsp3) is 0.667. The van der Waals surface area contributed by atoms with Crippen LogP contribution >= 0.6 is 0 Å². The molecule has 1 aromatic rings. The zero-order valence-corrected chi connectivity index (χ0v) is 13.9. The molecule has 0 radical (unpaired) electrons. The molecule has 1 amide bonds. The smallest absolute Gasteiger partial charge is 0.249 e. The Morgan fingerprint density at radius 3 is 3.09 bits per heavy atom. The van der Waals surface area contributed by atoms with Crippen LogP contribution in [0.2, 0.25) is 0 Å². The zero-order valence-electron chi connectivity index (χ0n) is 13.9. The molecule has 0 spiro atoms. The Balaban J connectivity index is 1.60. The molecular weight excluding hydrogens is 290 g/mol. The van der Waals surface area contributed by atoms with Crippen LogP contribution in [-0.2, 0) is 9.53 Å². The Labute approximate surface area is 138 Å². The molecule has 1 saturated carbocycles. The van der Waals surface area contributed by atoms with Crippen molar-refractivity contribution in [2.24, 2.45) is 5.92 Å². The maximum atomic E-state index is 12.7. The van der Waals surface area contributed by atoms with Crippen LogP contribution in [0.25, 0.3) is 0 Å². The SMILES string of the molecule is CC1CCCCC1OCC(=O)N1CCNCC1c1cccnc1. The van der Waals surface area contributed by atoms with E-state index in [1.165, 1.54) is 19.3 Å². The van der Waals surface area contributed by atoms with Crippen molar-refractivity contribution < 1.29 is 9.53 Å². The number of piperazine rings is 1. The summed E-state index contributed by atoms with van der Waals surface area (Å²) in [5, 5.41) is 3.37. The molecule has 126 valence electrons. The Hall–Kier alpha value is -1.46. The van der Waals surface area contributed by atoms with Gasteiger partial charge in [0.2, 0.25) is 5.91 Å². The average molecular weight is 317 g/mol. The summed E-state index contributed by atoms with van der Waals surface area (Å²) in [5.74, 6) is 0.659. The number of hydrogen-bond donors (Lipinski definition) is 1. The highest BCUT2D eigenvalue weighted by atomic mass is 16.5. The number of carbonyl (C=O) groups is 1. The lowest BCUT2D eigenvalue weighted by atomic mass is 9.88. The van der Waals surface area contributed by atoms with Gasteiger partial charge in [-0.1, -0.05) is 25.8 Å². The van der Waals surface area contributed by atoms with Crippen LogP contribution in [0.3, 0.4) is 0 Å². The van der Waals surface area contributed by atoms with Gasteiger partial charge in [0.25, 0.3) is 0 Å². The third-order valence-electron chi connectivity index (χ3n) is 5.09. The number of ether oxygens (including phenoxy) is 1. The first-order chi connectivity index (χ1) is 11.3. The lowest BCUT2D eigenvalue weighted by Gasteiger charge is -2.37. The van der Waals surface area contributed by atoms with Crippen molar-refractivity contribution in [1.29, 1.82) is 0 Å². The monoisotopic (exact) mass is 317 g/mol. The predicted molar refractivity (Wildman–Crippen MR) is 88.9 cm³/mol. The van der Waals surface area contributed by atoms with Crippen molar-refractivity contribution in [2.75, 3.05) is 26.2 Å². The maximum absolute atomic E-state index is 12.7. The van der Waals surface area contributed by atoms with E-state index in [9.17, 15) is 4.79 Å². The average Bonchev–Trinajstić information content (AvgIpc) is 2.61. The normalized spacial score (nSPS) is 28.6. The molecule has 3 rings (SSSR count). The Morgan fingerprint density at radius 2 is 2.30 bits per heavy atom. The number of rotatable bonds is 4. The minimum absolute atomic E-state index is 0.0531. The first kappa shape index (κ1) is 16.4. The first-order valence-electron chi connectivity index (χ1n) is 8.77. The van der Waals surface area contributed by atoms with Gasteiger partial charge in [0.1, 0.15) is 6.61 Å². The third kappa shape index (κ3) is 4.09. The van der Waals surface area contributed by atoms with E-state index < -0.39 is 0 Å². The molecule has 1 aliphatic carbocycles. The Morgan fingerprint density at radius 1 is 1.43 bits per heavy atom. The first-order valence-corrected chi connectivity index (χ1v) is 8.77. The van der Waals surface area contributed by atoms with Crippen molar-refractivity contribution >= 4 is 5.91 Å². The van der Waals surface area contributed by atoms with Gasteiger partial charge in [0.05, 0.1) is 12.1 Å². The van der Waals surface area contributed by atoms with E-state index in [4.69, 9.17) is 4.74 Å². The van der Waals surface area contributed by atoms with E-state index in [0.29, 0.717) is 5.92 Å².